The molecule has 2 N–H and O–H groups in total. The zero-order chi connectivity index (χ0) is 14.6. The van der Waals surface area contributed by atoms with Crippen LogP contribution in [0.1, 0.15) is 38.5 Å². The lowest BCUT2D eigenvalue weighted by Gasteiger charge is -2.36. The van der Waals surface area contributed by atoms with Gasteiger partial charge < -0.3 is 10.6 Å². The van der Waals surface area contributed by atoms with E-state index < -0.39 is 11.6 Å². The number of amides is 1. The SMILES string of the molecule is CNC1(CC(=O)Nc2ccc(F)c(F)c2)CCCCC1. The highest BCUT2D eigenvalue weighted by atomic mass is 19.2. The third kappa shape index (κ3) is 3.54. The molecule has 0 radical (unpaired) electrons. The van der Waals surface area contributed by atoms with E-state index in [0.717, 1.165) is 37.8 Å². The molecule has 1 saturated carbocycles. The molecule has 1 fully saturated rings. The largest absolute Gasteiger partial charge is 0.326 e. The van der Waals surface area contributed by atoms with Crippen LogP contribution in [0.15, 0.2) is 18.2 Å². The van der Waals surface area contributed by atoms with Gasteiger partial charge in [-0.25, -0.2) is 8.78 Å². The summed E-state index contributed by atoms with van der Waals surface area (Å²) in [6.45, 7) is 0. The summed E-state index contributed by atoms with van der Waals surface area (Å²) in [5.74, 6) is -2.04. The molecule has 1 aliphatic carbocycles. The minimum absolute atomic E-state index is 0.166. The Kier molecular flexibility index (Phi) is 4.70. The maximum Gasteiger partial charge on any atom is 0.226 e. The number of rotatable bonds is 4. The van der Waals surface area contributed by atoms with Gasteiger partial charge in [-0.3, -0.25) is 4.79 Å². The Morgan fingerprint density at radius 3 is 2.50 bits per heavy atom. The van der Waals surface area contributed by atoms with Crippen LogP contribution in [0, 0.1) is 11.6 Å². The maximum absolute atomic E-state index is 13.1. The van der Waals surface area contributed by atoms with E-state index in [1.807, 2.05) is 7.05 Å². The van der Waals surface area contributed by atoms with Crippen LogP contribution >= 0.6 is 0 Å². The predicted molar refractivity (Wildman–Crippen MR) is 74.5 cm³/mol. The van der Waals surface area contributed by atoms with Crippen LogP contribution in [0.4, 0.5) is 14.5 Å². The van der Waals surface area contributed by atoms with Crippen molar-refractivity contribution in [3.8, 4) is 0 Å². The summed E-state index contributed by atoms with van der Waals surface area (Å²) in [5, 5.41) is 5.89. The van der Waals surface area contributed by atoms with Gasteiger partial charge in [0, 0.05) is 23.7 Å². The first-order valence-electron chi connectivity index (χ1n) is 6.98. The fraction of sp³-hybridized carbons (Fsp3) is 0.533. The fourth-order valence-electron chi connectivity index (χ4n) is 2.83. The molecule has 0 saturated heterocycles. The lowest BCUT2D eigenvalue weighted by Crippen LogP contribution is -2.47. The van der Waals surface area contributed by atoms with Crippen molar-refractivity contribution in [2.45, 2.75) is 44.1 Å². The molecule has 110 valence electrons. The van der Waals surface area contributed by atoms with Gasteiger partial charge >= 0.3 is 0 Å². The highest BCUT2D eigenvalue weighted by Crippen LogP contribution is 2.31. The van der Waals surface area contributed by atoms with Crippen molar-refractivity contribution in [3.63, 3.8) is 0 Å². The van der Waals surface area contributed by atoms with Crippen LogP contribution in [0.25, 0.3) is 0 Å². The fourth-order valence-corrected chi connectivity index (χ4v) is 2.83. The number of carbonyl (C=O) groups is 1. The third-order valence-corrected chi connectivity index (χ3v) is 4.04. The molecule has 5 heteroatoms. The molecule has 20 heavy (non-hydrogen) atoms. The first-order chi connectivity index (χ1) is 9.54. The normalized spacial score (nSPS) is 17.8. The Balaban J connectivity index is 1.98. The second-order valence-electron chi connectivity index (χ2n) is 5.44. The Hall–Kier alpha value is -1.49. The Labute approximate surface area is 117 Å². The van der Waals surface area contributed by atoms with Gasteiger partial charge in [0.15, 0.2) is 11.6 Å². The van der Waals surface area contributed by atoms with E-state index in [0.29, 0.717) is 6.42 Å². The number of halogens is 2. The molecule has 0 spiro atoms. The number of hydrogen-bond acceptors (Lipinski definition) is 2. The van der Waals surface area contributed by atoms with Crippen LogP contribution in [0.2, 0.25) is 0 Å². The topological polar surface area (TPSA) is 41.1 Å². The summed E-state index contributed by atoms with van der Waals surface area (Å²) in [4.78, 5) is 12.1. The minimum atomic E-state index is -0.955. The first-order valence-corrected chi connectivity index (χ1v) is 6.98. The highest BCUT2D eigenvalue weighted by molar-refractivity contribution is 5.91. The third-order valence-electron chi connectivity index (χ3n) is 4.04. The molecule has 0 unspecified atom stereocenters. The number of carbonyl (C=O) groups excluding carboxylic acids is 1. The Bertz CT molecular complexity index is 485. The summed E-state index contributed by atoms with van der Waals surface area (Å²) >= 11 is 0. The van der Waals surface area contributed by atoms with E-state index in [4.69, 9.17) is 0 Å². The number of benzene rings is 1. The van der Waals surface area contributed by atoms with Gasteiger partial charge in [0.25, 0.3) is 0 Å². The summed E-state index contributed by atoms with van der Waals surface area (Å²) < 4.78 is 25.9. The van der Waals surface area contributed by atoms with Crippen LogP contribution in [-0.4, -0.2) is 18.5 Å². The zero-order valence-corrected chi connectivity index (χ0v) is 11.6. The maximum atomic E-state index is 13.1. The highest BCUT2D eigenvalue weighted by Gasteiger charge is 2.32. The van der Waals surface area contributed by atoms with Gasteiger partial charge in [0.05, 0.1) is 0 Å². The van der Waals surface area contributed by atoms with Crippen LogP contribution in [-0.2, 0) is 4.79 Å². The molecule has 1 aliphatic rings. The molecule has 1 amide bonds. The number of nitrogens with one attached hydrogen (secondary N) is 2. The van der Waals surface area contributed by atoms with E-state index in [9.17, 15) is 13.6 Å². The van der Waals surface area contributed by atoms with E-state index >= 15 is 0 Å². The van der Waals surface area contributed by atoms with Gasteiger partial charge in [0.1, 0.15) is 0 Å². The molecule has 0 atom stereocenters. The predicted octanol–water partition coefficient (Wildman–Crippen LogP) is 3.22. The molecular weight excluding hydrogens is 262 g/mol. The van der Waals surface area contributed by atoms with Gasteiger partial charge in [-0.1, -0.05) is 19.3 Å². The smallest absolute Gasteiger partial charge is 0.226 e. The quantitative estimate of drug-likeness (QED) is 0.890. The average molecular weight is 282 g/mol. The van der Waals surface area contributed by atoms with Crippen molar-refractivity contribution in [2.75, 3.05) is 12.4 Å². The first kappa shape index (κ1) is 14.9. The summed E-state index contributed by atoms with van der Waals surface area (Å²) in [6, 6.07) is 3.38. The van der Waals surface area contributed by atoms with Crippen molar-refractivity contribution >= 4 is 11.6 Å². The van der Waals surface area contributed by atoms with Crippen LogP contribution in [0.3, 0.4) is 0 Å². The van der Waals surface area contributed by atoms with Gasteiger partial charge in [0.2, 0.25) is 5.91 Å². The molecule has 3 nitrogen and oxygen atoms in total. The summed E-state index contributed by atoms with van der Waals surface area (Å²) in [7, 11) is 1.87. The van der Waals surface area contributed by atoms with Crippen molar-refractivity contribution < 1.29 is 13.6 Å². The van der Waals surface area contributed by atoms with Gasteiger partial charge in [-0.15, -0.1) is 0 Å². The minimum Gasteiger partial charge on any atom is -0.326 e. The van der Waals surface area contributed by atoms with E-state index in [-0.39, 0.29) is 17.1 Å². The summed E-state index contributed by atoms with van der Waals surface area (Å²) in [5.41, 5.74) is 0.122. The lowest BCUT2D eigenvalue weighted by molar-refractivity contribution is -0.117. The second-order valence-corrected chi connectivity index (χ2v) is 5.44. The zero-order valence-electron chi connectivity index (χ0n) is 11.6. The molecular formula is C15H20F2N2O. The Morgan fingerprint density at radius 2 is 1.90 bits per heavy atom. The second kappa shape index (κ2) is 6.31. The van der Waals surface area contributed by atoms with Gasteiger partial charge in [-0.05, 0) is 32.0 Å². The molecule has 1 aromatic rings. The van der Waals surface area contributed by atoms with Crippen molar-refractivity contribution in [3.05, 3.63) is 29.8 Å². The monoisotopic (exact) mass is 282 g/mol. The Morgan fingerprint density at radius 1 is 1.20 bits per heavy atom. The van der Waals surface area contributed by atoms with Crippen molar-refractivity contribution in [1.82, 2.24) is 5.32 Å². The summed E-state index contributed by atoms with van der Waals surface area (Å²) in [6.07, 6.45) is 5.71. The average Bonchev–Trinajstić information content (AvgIpc) is 2.44. The van der Waals surface area contributed by atoms with Crippen molar-refractivity contribution in [1.29, 1.82) is 0 Å². The standard InChI is InChI=1S/C15H20F2N2O/c1-18-15(7-3-2-4-8-15)10-14(20)19-11-5-6-12(16)13(17)9-11/h5-6,9,18H,2-4,7-8,10H2,1H3,(H,19,20). The number of anilines is 1. The molecule has 0 bridgehead atoms. The van der Waals surface area contributed by atoms with E-state index in [1.54, 1.807) is 0 Å². The van der Waals surface area contributed by atoms with Crippen molar-refractivity contribution in [2.24, 2.45) is 0 Å². The van der Waals surface area contributed by atoms with Crippen LogP contribution < -0.4 is 10.6 Å². The molecule has 0 aliphatic heterocycles. The molecule has 0 heterocycles. The van der Waals surface area contributed by atoms with Crippen LogP contribution in [0.5, 0.6) is 0 Å². The molecule has 1 aromatic carbocycles. The lowest BCUT2D eigenvalue weighted by atomic mass is 9.79. The van der Waals surface area contributed by atoms with E-state index in [1.165, 1.54) is 12.5 Å². The molecule has 0 aromatic heterocycles. The number of hydrogen-bond donors (Lipinski definition) is 2. The molecule has 2 rings (SSSR count). The van der Waals surface area contributed by atoms with E-state index in [2.05, 4.69) is 10.6 Å². The van der Waals surface area contributed by atoms with Gasteiger partial charge in [-0.2, -0.15) is 0 Å².